The number of phenols is 1. The third-order valence-electron chi connectivity index (χ3n) is 8.32. The second-order valence-corrected chi connectivity index (χ2v) is 11.3. The first kappa shape index (κ1) is 27.8. The summed E-state index contributed by atoms with van der Waals surface area (Å²) in [4.78, 5) is 39.4. The third kappa shape index (κ3) is 5.21. The summed E-state index contributed by atoms with van der Waals surface area (Å²) in [6.07, 6.45) is 3.49. The van der Waals surface area contributed by atoms with Crippen molar-refractivity contribution < 1.29 is 29.3 Å². The topological polar surface area (TPSA) is 130 Å². The molecule has 5 rings (SSSR count). The normalized spacial score (nSPS) is 25.0. The number of rotatable bonds is 7. The number of benzene rings is 2. The van der Waals surface area contributed by atoms with E-state index in [0.717, 1.165) is 27.2 Å². The van der Waals surface area contributed by atoms with Crippen LogP contribution in [-0.4, -0.2) is 40.1 Å². The van der Waals surface area contributed by atoms with E-state index in [0.29, 0.717) is 19.3 Å². The van der Waals surface area contributed by atoms with Crippen LogP contribution in [0.1, 0.15) is 45.6 Å². The molecule has 0 spiro atoms. The number of non-ortho nitro benzene ring substituents is 1. The predicted molar refractivity (Wildman–Crippen MR) is 151 cm³/mol. The van der Waals surface area contributed by atoms with Crippen molar-refractivity contribution in [2.24, 2.45) is 23.7 Å². The second kappa shape index (κ2) is 11.0. The maximum Gasteiger partial charge on any atom is 0.455 e. The van der Waals surface area contributed by atoms with Gasteiger partial charge in [0.05, 0.1) is 28.6 Å². The van der Waals surface area contributed by atoms with Gasteiger partial charge in [-0.3, -0.25) is 19.7 Å². The molecule has 2 saturated heterocycles. The number of amides is 2. The zero-order valence-electron chi connectivity index (χ0n) is 22.8. The highest BCUT2D eigenvalue weighted by molar-refractivity contribution is 6.43. The largest absolute Gasteiger partial charge is 0.508 e. The molecule has 2 aromatic carbocycles. The lowest BCUT2D eigenvalue weighted by atomic mass is 9.57. The Hall–Kier alpha value is -3.76. The van der Waals surface area contributed by atoms with Gasteiger partial charge in [-0.15, -0.1) is 0 Å². The third-order valence-corrected chi connectivity index (χ3v) is 8.32. The average molecular weight is 544 g/mol. The van der Waals surface area contributed by atoms with Crippen molar-refractivity contribution in [3.8, 4) is 5.75 Å². The molecule has 0 bridgehead atoms. The number of anilines is 1. The number of imide groups is 1. The van der Waals surface area contributed by atoms with Crippen molar-refractivity contribution in [1.29, 1.82) is 0 Å². The highest BCUT2D eigenvalue weighted by atomic mass is 16.6. The zero-order valence-corrected chi connectivity index (χ0v) is 22.8. The number of carbonyl (C=O) groups excluding carboxylic acids is 2. The fraction of sp³-hybridized carbons (Fsp3) is 0.400. The molecule has 0 aromatic heterocycles. The molecule has 208 valence electrons. The Morgan fingerprint density at radius 2 is 1.93 bits per heavy atom. The van der Waals surface area contributed by atoms with Gasteiger partial charge in [0.25, 0.3) is 5.69 Å². The summed E-state index contributed by atoms with van der Waals surface area (Å²) >= 11 is 0. The lowest BCUT2D eigenvalue weighted by Crippen LogP contribution is -2.46. The molecule has 2 N–H and O–H groups in total. The minimum atomic E-state index is -1.07. The van der Waals surface area contributed by atoms with Gasteiger partial charge in [-0.05, 0) is 73.7 Å². The Kier molecular flexibility index (Phi) is 7.66. The van der Waals surface area contributed by atoms with Gasteiger partial charge in [-0.2, -0.15) is 0 Å². The molecule has 4 atom stereocenters. The summed E-state index contributed by atoms with van der Waals surface area (Å²) in [6, 6.07) is 12.6. The van der Waals surface area contributed by atoms with Gasteiger partial charge in [0, 0.05) is 12.1 Å². The quantitative estimate of drug-likeness (QED) is 0.162. The number of carbonyl (C=O) groups is 2. The molecule has 2 heterocycles. The van der Waals surface area contributed by atoms with Gasteiger partial charge in [-0.25, -0.2) is 4.90 Å². The molecule has 0 radical (unpaired) electrons. The van der Waals surface area contributed by atoms with Crippen LogP contribution >= 0.6 is 0 Å². The zero-order chi connectivity index (χ0) is 28.7. The van der Waals surface area contributed by atoms with Crippen molar-refractivity contribution in [1.82, 2.24) is 0 Å². The van der Waals surface area contributed by atoms with Gasteiger partial charge in [-0.1, -0.05) is 49.3 Å². The van der Waals surface area contributed by atoms with E-state index in [-0.39, 0.29) is 47.1 Å². The van der Waals surface area contributed by atoms with Crippen molar-refractivity contribution in [3.63, 3.8) is 0 Å². The summed E-state index contributed by atoms with van der Waals surface area (Å²) in [5, 5.41) is 31.9. The Bertz CT molecular complexity index is 1420. The van der Waals surface area contributed by atoms with Crippen molar-refractivity contribution in [3.05, 3.63) is 80.9 Å². The fourth-order valence-corrected chi connectivity index (χ4v) is 6.58. The molecule has 2 fully saturated rings. The lowest BCUT2D eigenvalue weighted by molar-refractivity contribution is -0.384. The number of nitro benzene ring substituents is 1. The smallest absolute Gasteiger partial charge is 0.455 e. The Morgan fingerprint density at radius 3 is 2.62 bits per heavy atom. The van der Waals surface area contributed by atoms with Crippen LogP contribution in [0.5, 0.6) is 5.75 Å². The number of hydrogen-bond donors (Lipinski definition) is 2. The number of aromatic hydroxyl groups is 1. The van der Waals surface area contributed by atoms with Crippen LogP contribution in [0.2, 0.25) is 6.32 Å². The average Bonchev–Trinajstić information content (AvgIpc) is 3.16. The minimum Gasteiger partial charge on any atom is -0.508 e. The minimum absolute atomic E-state index is 0.110. The molecule has 10 heteroatoms. The van der Waals surface area contributed by atoms with E-state index in [1.165, 1.54) is 18.2 Å². The summed E-state index contributed by atoms with van der Waals surface area (Å²) in [5.74, 6) is -2.03. The molecule has 0 saturated carbocycles. The first-order valence-electron chi connectivity index (χ1n) is 13.7. The van der Waals surface area contributed by atoms with E-state index in [1.54, 1.807) is 24.3 Å². The van der Waals surface area contributed by atoms with Crippen molar-refractivity contribution in [2.75, 3.05) is 4.90 Å². The highest BCUT2D eigenvalue weighted by Gasteiger charge is 2.57. The summed E-state index contributed by atoms with van der Waals surface area (Å²) in [5.41, 5.74) is 4.07. The maximum absolute atomic E-state index is 13.8. The van der Waals surface area contributed by atoms with E-state index < -0.39 is 30.0 Å². The number of hydrogen-bond acceptors (Lipinski definition) is 7. The summed E-state index contributed by atoms with van der Waals surface area (Å²) in [7, 11) is -1.07. The first-order valence-corrected chi connectivity index (χ1v) is 13.7. The number of nitrogens with zero attached hydrogens (tertiary/aromatic N) is 2. The number of allylic oxidation sites excluding steroid dienone is 2. The van der Waals surface area contributed by atoms with E-state index in [4.69, 9.17) is 4.65 Å². The Labute approximate surface area is 233 Å². The first-order chi connectivity index (χ1) is 19.0. The van der Waals surface area contributed by atoms with Crippen LogP contribution in [0.3, 0.4) is 0 Å². The molecule has 9 nitrogen and oxygen atoms in total. The molecule has 3 aliphatic rings. The van der Waals surface area contributed by atoms with E-state index in [2.05, 4.69) is 13.8 Å². The van der Waals surface area contributed by atoms with Gasteiger partial charge in [0.2, 0.25) is 11.8 Å². The van der Waals surface area contributed by atoms with Gasteiger partial charge in [0.15, 0.2) is 0 Å². The predicted octanol–water partition coefficient (Wildman–Crippen LogP) is 5.14. The molecular formula is C30H33BN2O7. The van der Waals surface area contributed by atoms with Crippen LogP contribution < -0.4 is 4.90 Å². The highest BCUT2D eigenvalue weighted by Crippen LogP contribution is 2.52. The van der Waals surface area contributed by atoms with Crippen LogP contribution in [0.4, 0.5) is 11.4 Å². The van der Waals surface area contributed by atoms with E-state index in [9.17, 15) is 29.8 Å². The Balaban J connectivity index is 1.45. The maximum atomic E-state index is 13.8. The van der Waals surface area contributed by atoms with E-state index >= 15 is 0 Å². The van der Waals surface area contributed by atoms with Crippen LogP contribution in [-0.2, 0) is 14.2 Å². The lowest BCUT2D eigenvalue weighted by Gasteiger charge is -2.44. The fourth-order valence-electron chi connectivity index (χ4n) is 6.58. The number of phenolic OH excluding ortho intramolecular Hbond substituents is 1. The molecule has 1 aliphatic carbocycles. The SMILES string of the molecule is C/C(=C\c1cccc(O)c1)CC[C@H]1OB(O)C[C@H]2C1=C(C(C)C)C[C@H]1C(=O)N(c3cccc([N+](=O)[O-])c3)C(=O)[C@H]12. The summed E-state index contributed by atoms with van der Waals surface area (Å²) in [6.45, 7) is 6.13. The molecule has 2 amide bonds. The van der Waals surface area contributed by atoms with Crippen LogP contribution in [0.15, 0.2) is 65.3 Å². The molecule has 2 aliphatic heterocycles. The van der Waals surface area contributed by atoms with Crippen LogP contribution in [0, 0.1) is 33.8 Å². The Morgan fingerprint density at radius 1 is 1.18 bits per heavy atom. The second-order valence-electron chi connectivity index (χ2n) is 11.3. The van der Waals surface area contributed by atoms with E-state index in [1.807, 2.05) is 19.1 Å². The molecule has 0 unspecified atom stereocenters. The molecular weight excluding hydrogens is 511 g/mol. The van der Waals surface area contributed by atoms with Crippen molar-refractivity contribution >= 4 is 36.4 Å². The molecule has 2 aromatic rings. The summed E-state index contributed by atoms with van der Waals surface area (Å²) < 4.78 is 6.07. The number of fused-ring (bicyclic) bond motifs is 3. The van der Waals surface area contributed by atoms with Gasteiger partial charge in [0.1, 0.15) is 5.75 Å². The van der Waals surface area contributed by atoms with Gasteiger partial charge >= 0.3 is 7.12 Å². The standard InChI is InChI=1S/C30H33BN2O7/c1-17(2)23-15-24-28(30(36)32(29(24)35)20-7-5-8-21(14-20)33(38)39)25-16-31(37)40-26(27(23)25)11-10-18(3)12-19-6-4-9-22(34)13-19/h4-9,12-14,17,24-26,28,34,37H,10-11,15-16H2,1-3H3/b18-12+/t24-,25+,26-,28-/m1/s1. The van der Waals surface area contributed by atoms with Gasteiger partial charge < -0.3 is 14.8 Å². The monoisotopic (exact) mass is 544 g/mol. The van der Waals surface area contributed by atoms with Crippen molar-refractivity contribution in [2.45, 2.75) is 52.5 Å². The van der Waals surface area contributed by atoms with Crippen LogP contribution in [0.25, 0.3) is 6.08 Å². The molecule has 40 heavy (non-hydrogen) atoms. The number of nitro groups is 1.